The predicted molar refractivity (Wildman–Crippen MR) is 74.8 cm³/mol. The summed E-state index contributed by atoms with van der Waals surface area (Å²) in [5.41, 5.74) is 2.42. The van der Waals surface area contributed by atoms with Gasteiger partial charge in [0.15, 0.2) is 0 Å². The van der Waals surface area contributed by atoms with Gasteiger partial charge in [0.2, 0.25) is 5.91 Å². The molecule has 0 radical (unpaired) electrons. The number of fused-ring (bicyclic) bond motifs is 1. The van der Waals surface area contributed by atoms with Crippen molar-refractivity contribution in [2.75, 3.05) is 25.0 Å². The molecular formula is C15H22N2O. The maximum atomic E-state index is 12.5. The molecule has 1 aliphatic heterocycles. The molecule has 1 aromatic rings. The topological polar surface area (TPSA) is 32.3 Å². The smallest absolute Gasteiger partial charge is 0.231 e. The monoisotopic (exact) mass is 246 g/mol. The largest absolute Gasteiger partial charge is 0.319 e. The minimum Gasteiger partial charge on any atom is -0.319 e. The average molecular weight is 246 g/mol. The Hall–Kier alpha value is -1.35. The first-order chi connectivity index (χ1) is 8.74. The molecule has 0 aliphatic carbocycles. The van der Waals surface area contributed by atoms with Gasteiger partial charge in [0.25, 0.3) is 0 Å². The number of amides is 1. The summed E-state index contributed by atoms with van der Waals surface area (Å²) in [6, 6.07) is 8.30. The van der Waals surface area contributed by atoms with Crippen molar-refractivity contribution in [2.45, 2.75) is 26.2 Å². The number of para-hydroxylation sites is 1. The van der Waals surface area contributed by atoms with Crippen molar-refractivity contribution in [3.8, 4) is 0 Å². The Morgan fingerprint density at radius 1 is 1.39 bits per heavy atom. The van der Waals surface area contributed by atoms with E-state index in [-0.39, 0.29) is 11.8 Å². The number of nitrogens with zero attached hydrogens (tertiary/aromatic N) is 1. The highest BCUT2D eigenvalue weighted by atomic mass is 16.2. The number of rotatable bonds is 3. The lowest BCUT2D eigenvalue weighted by atomic mass is 10.1. The first kappa shape index (κ1) is 13.1. The van der Waals surface area contributed by atoms with Crippen LogP contribution >= 0.6 is 0 Å². The van der Waals surface area contributed by atoms with Crippen molar-refractivity contribution in [1.82, 2.24) is 5.32 Å². The van der Waals surface area contributed by atoms with E-state index < -0.39 is 0 Å². The molecule has 1 atom stereocenters. The van der Waals surface area contributed by atoms with E-state index in [4.69, 9.17) is 0 Å². The van der Waals surface area contributed by atoms with Crippen LogP contribution in [0.15, 0.2) is 24.3 Å². The number of aryl methyl sites for hydroxylation is 1. The summed E-state index contributed by atoms with van der Waals surface area (Å²) >= 11 is 0. The van der Waals surface area contributed by atoms with Gasteiger partial charge in [0.1, 0.15) is 0 Å². The third kappa shape index (κ3) is 2.72. The van der Waals surface area contributed by atoms with Gasteiger partial charge < -0.3 is 10.2 Å². The fourth-order valence-corrected chi connectivity index (χ4v) is 2.58. The molecule has 0 saturated carbocycles. The lowest BCUT2D eigenvalue weighted by Gasteiger charge is -2.26. The summed E-state index contributed by atoms with van der Waals surface area (Å²) in [5.74, 6) is 0.264. The second-order valence-corrected chi connectivity index (χ2v) is 5.03. The van der Waals surface area contributed by atoms with Crippen LogP contribution in [0.1, 0.15) is 25.3 Å². The Kier molecular flexibility index (Phi) is 4.37. The molecule has 1 heterocycles. The Morgan fingerprint density at radius 2 is 2.17 bits per heavy atom. The molecule has 1 N–H and O–H groups in total. The van der Waals surface area contributed by atoms with Crippen molar-refractivity contribution < 1.29 is 4.79 Å². The molecular weight excluding hydrogens is 224 g/mol. The normalized spacial score (nSPS) is 16.9. The number of hydrogen-bond acceptors (Lipinski definition) is 2. The highest BCUT2D eigenvalue weighted by molar-refractivity contribution is 5.95. The number of carbonyl (C=O) groups is 1. The molecule has 3 nitrogen and oxygen atoms in total. The number of benzene rings is 1. The van der Waals surface area contributed by atoms with Crippen LogP contribution in [0.2, 0.25) is 0 Å². The summed E-state index contributed by atoms with van der Waals surface area (Å²) in [4.78, 5) is 14.5. The van der Waals surface area contributed by atoms with Gasteiger partial charge in [-0.3, -0.25) is 4.79 Å². The van der Waals surface area contributed by atoms with Crippen molar-refractivity contribution in [3.05, 3.63) is 29.8 Å². The van der Waals surface area contributed by atoms with Gasteiger partial charge in [-0.15, -0.1) is 0 Å². The molecule has 3 heteroatoms. The molecule has 2 rings (SSSR count). The summed E-state index contributed by atoms with van der Waals surface area (Å²) in [6.45, 7) is 3.58. The van der Waals surface area contributed by atoms with Gasteiger partial charge in [-0.1, -0.05) is 25.1 Å². The zero-order valence-electron chi connectivity index (χ0n) is 11.3. The molecule has 1 amide bonds. The quantitative estimate of drug-likeness (QED) is 0.887. The summed E-state index contributed by atoms with van der Waals surface area (Å²) in [6.07, 6.45) is 3.34. The highest BCUT2D eigenvalue weighted by Gasteiger charge is 2.24. The second kappa shape index (κ2) is 6.01. The Bertz CT molecular complexity index is 417. The zero-order valence-corrected chi connectivity index (χ0v) is 11.3. The molecule has 1 unspecified atom stereocenters. The number of nitrogens with one attached hydrogen (secondary N) is 1. The summed E-state index contributed by atoms with van der Waals surface area (Å²) in [5, 5.41) is 3.08. The molecule has 0 spiro atoms. The number of anilines is 1. The summed E-state index contributed by atoms with van der Waals surface area (Å²) < 4.78 is 0. The molecule has 0 fully saturated rings. The van der Waals surface area contributed by atoms with Gasteiger partial charge in [0.05, 0.1) is 0 Å². The van der Waals surface area contributed by atoms with Gasteiger partial charge in [-0.2, -0.15) is 0 Å². The van der Waals surface area contributed by atoms with Crippen LogP contribution in [0.25, 0.3) is 0 Å². The van der Waals surface area contributed by atoms with E-state index in [0.29, 0.717) is 0 Å². The minimum atomic E-state index is 0.0288. The molecule has 0 aromatic heterocycles. The van der Waals surface area contributed by atoms with E-state index in [2.05, 4.69) is 23.5 Å². The average Bonchev–Trinajstić information content (AvgIpc) is 2.60. The van der Waals surface area contributed by atoms with E-state index in [9.17, 15) is 4.79 Å². The first-order valence-corrected chi connectivity index (χ1v) is 6.78. The van der Waals surface area contributed by atoms with E-state index in [0.717, 1.165) is 31.6 Å². The van der Waals surface area contributed by atoms with Gasteiger partial charge in [0, 0.05) is 24.7 Å². The lowest BCUT2D eigenvalue weighted by molar-refractivity contribution is -0.121. The third-order valence-corrected chi connectivity index (χ3v) is 3.56. The van der Waals surface area contributed by atoms with Crippen molar-refractivity contribution in [2.24, 2.45) is 5.92 Å². The molecule has 1 aromatic carbocycles. The van der Waals surface area contributed by atoms with Crippen LogP contribution in [0.3, 0.4) is 0 Å². The number of hydrogen-bond donors (Lipinski definition) is 1. The predicted octanol–water partition coefficient (Wildman–Crippen LogP) is 2.21. The van der Waals surface area contributed by atoms with Gasteiger partial charge in [-0.25, -0.2) is 0 Å². The summed E-state index contributed by atoms with van der Waals surface area (Å²) in [7, 11) is 1.89. The van der Waals surface area contributed by atoms with Crippen LogP contribution in [0, 0.1) is 5.92 Å². The van der Waals surface area contributed by atoms with Crippen molar-refractivity contribution in [3.63, 3.8) is 0 Å². The highest BCUT2D eigenvalue weighted by Crippen LogP contribution is 2.27. The third-order valence-electron chi connectivity index (χ3n) is 3.56. The number of carbonyl (C=O) groups excluding carboxylic acids is 1. The Morgan fingerprint density at radius 3 is 2.94 bits per heavy atom. The second-order valence-electron chi connectivity index (χ2n) is 5.03. The van der Waals surface area contributed by atoms with E-state index in [1.165, 1.54) is 12.0 Å². The maximum absolute atomic E-state index is 12.5. The SMILES string of the molecule is CNCC(C)C(=O)N1CCCCc2ccccc21. The maximum Gasteiger partial charge on any atom is 0.231 e. The van der Waals surface area contributed by atoms with E-state index >= 15 is 0 Å². The standard InChI is InChI=1S/C15H22N2O/c1-12(11-16-2)15(18)17-10-6-5-8-13-7-3-4-9-14(13)17/h3-4,7,9,12,16H,5-6,8,10-11H2,1-2H3. The molecule has 18 heavy (non-hydrogen) atoms. The first-order valence-electron chi connectivity index (χ1n) is 6.78. The zero-order chi connectivity index (χ0) is 13.0. The van der Waals surface area contributed by atoms with Crippen LogP contribution in [-0.2, 0) is 11.2 Å². The van der Waals surface area contributed by atoms with Crippen LogP contribution in [0.4, 0.5) is 5.69 Å². The Balaban J connectivity index is 2.24. The molecule has 1 aliphatic rings. The fraction of sp³-hybridized carbons (Fsp3) is 0.533. The fourth-order valence-electron chi connectivity index (χ4n) is 2.58. The van der Waals surface area contributed by atoms with Gasteiger partial charge >= 0.3 is 0 Å². The molecule has 0 saturated heterocycles. The molecule has 98 valence electrons. The van der Waals surface area contributed by atoms with E-state index in [1.54, 1.807) is 0 Å². The van der Waals surface area contributed by atoms with Gasteiger partial charge in [-0.05, 0) is 37.9 Å². The lowest BCUT2D eigenvalue weighted by Crippen LogP contribution is -2.39. The molecule has 0 bridgehead atoms. The van der Waals surface area contributed by atoms with Crippen molar-refractivity contribution in [1.29, 1.82) is 0 Å². The van der Waals surface area contributed by atoms with Crippen LogP contribution in [0.5, 0.6) is 0 Å². The Labute approximate surface area is 109 Å². The van der Waals surface area contributed by atoms with Crippen LogP contribution in [-0.4, -0.2) is 26.0 Å². The van der Waals surface area contributed by atoms with E-state index in [1.807, 2.05) is 24.9 Å². The van der Waals surface area contributed by atoms with Crippen molar-refractivity contribution >= 4 is 11.6 Å². The van der Waals surface area contributed by atoms with Crippen LogP contribution < -0.4 is 10.2 Å². The minimum absolute atomic E-state index is 0.0288.